The molecular formula is C11H20N2O4. The second-order valence-corrected chi connectivity index (χ2v) is 4.25. The molecule has 1 amide bonds. The van der Waals surface area contributed by atoms with E-state index in [0.717, 1.165) is 0 Å². The van der Waals surface area contributed by atoms with Crippen LogP contribution >= 0.6 is 0 Å². The Hall–Kier alpha value is -1.14. The Morgan fingerprint density at radius 2 is 2.35 bits per heavy atom. The lowest BCUT2D eigenvalue weighted by Gasteiger charge is -2.22. The van der Waals surface area contributed by atoms with Gasteiger partial charge in [-0.1, -0.05) is 6.92 Å². The van der Waals surface area contributed by atoms with E-state index < -0.39 is 5.97 Å². The molecule has 98 valence electrons. The number of morpholine rings is 1. The highest BCUT2D eigenvalue weighted by molar-refractivity contribution is 5.81. The van der Waals surface area contributed by atoms with E-state index in [4.69, 9.17) is 9.84 Å². The van der Waals surface area contributed by atoms with Gasteiger partial charge in [-0.2, -0.15) is 0 Å². The van der Waals surface area contributed by atoms with Gasteiger partial charge in [0.05, 0.1) is 19.1 Å². The third kappa shape index (κ3) is 5.14. The number of amides is 1. The highest BCUT2D eigenvalue weighted by atomic mass is 16.5. The van der Waals surface area contributed by atoms with Gasteiger partial charge in [-0.25, -0.2) is 0 Å². The van der Waals surface area contributed by atoms with Crippen molar-refractivity contribution >= 4 is 11.9 Å². The van der Waals surface area contributed by atoms with Gasteiger partial charge in [0.2, 0.25) is 5.91 Å². The molecule has 1 rings (SSSR count). The van der Waals surface area contributed by atoms with Crippen molar-refractivity contribution in [3.8, 4) is 0 Å². The number of carbonyl (C=O) groups is 2. The van der Waals surface area contributed by atoms with Crippen LogP contribution in [0.5, 0.6) is 0 Å². The fourth-order valence-corrected chi connectivity index (χ4v) is 1.60. The van der Waals surface area contributed by atoms with Crippen molar-refractivity contribution in [3.05, 3.63) is 0 Å². The molecule has 1 fully saturated rings. The number of nitrogens with one attached hydrogen (secondary N) is 2. The SMILES string of the molecule is CC(CCCNC(=O)C1COCCN1)C(=O)O. The molecule has 3 N–H and O–H groups in total. The summed E-state index contributed by atoms with van der Waals surface area (Å²) in [5.41, 5.74) is 0. The summed E-state index contributed by atoms with van der Waals surface area (Å²) in [5, 5.41) is 14.5. The van der Waals surface area contributed by atoms with Crippen molar-refractivity contribution in [3.63, 3.8) is 0 Å². The Morgan fingerprint density at radius 1 is 1.59 bits per heavy atom. The Bertz CT molecular complexity index is 264. The molecule has 1 aliphatic heterocycles. The number of rotatable bonds is 6. The summed E-state index contributed by atoms with van der Waals surface area (Å²) in [5.74, 6) is -1.23. The molecule has 1 heterocycles. The van der Waals surface area contributed by atoms with E-state index in [1.807, 2.05) is 0 Å². The highest BCUT2D eigenvalue weighted by Crippen LogP contribution is 2.04. The van der Waals surface area contributed by atoms with Crippen LogP contribution in [0.2, 0.25) is 0 Å². The molecule has 17 heavy (non-hydrogen) atoms. The highest BCUT2D eigenvalue weighted by Gasteiger charge is 2.20. The quantitative estimate of drug-likeness (QED) is 0.553. The molecule has 0 aromatic carbocycles. The third-order valence-electron chi connectivity index (χ3n) is 2.77. The van der Waals surface area contributed by atoms with Gasteiger partial charge in [0.25, 0.3) is 0 Å². The Morgan fingerprint density at radius 3 is 2.94 bits per heavy atom. The number of carbonyl (C=O) groups excluding carboxylic acids is 1. The smallest absolute Gasteiger partial charge is 0.306 e. The first kappa shape index (κ1) is 13.9. The van der Waals surface area contributed by atoms with E-state index in [1.54, 1.807) is 6.92 Å². The maximum absolute atomic E-state index is 11.6. The van der Waals surface area contributed by atoms with Crippen LogP contribution < -0.4 is 10.6 Å². The van der Waals surface area contributed by atoms with Crippen molar-refractivity contribution in [2.75, 3.05) is 26.3 Å². The number of carboxylic acids is 1. The largest absolute Gasteiger partial charge is 0.481 e. The number of hydrogen-bond acceptors (Lipinski definition) is 4. The minimum atomic E-state index is -0.793. The van der Waals surface area contributed by atoms with Crippen LogP contribution in [0.15, 0.2) is 0 Å². The first-order chi connectivity index (χ1) is 8.11. The van der Waals surface area contributed by atoms with E-state index in [-0.39, 0.29) is 17.9 Å². The molecule has 0 aromatic heterocycles. The fourth-order valence-electron chi connectivity index (χ4n) is 1.60. The summed E-state index contributed by atoms with van der Waals surface area (Å²) in [6.45, 7) is 3.90. The van der Waals surface area contributed by atoms with Crippen LogP contribution in [-0.2, 0) is 14.3 Å². The van der Waals surface area contributed by atoms with Crippen LogP contribution in [0.4, 0.5) is 0 Å². The lowest BCUT2D eigenvalue weighted by atomic mass is 10.1. The van der Waals surface area contributed by atoms with E-state index in [0.29, 0.717) is 39.1 Å². The molecule has 0 bridgehead atoms. The third-order valence-corrected chi connectivity index (χ3v) is 2.77. The maximum atomic E-state index is 11.6. The summed E-state index contributed by atoms with van der Waals surface area (Å²) >= 11 is 0. The standard InChI is InChI=1S/C11H20N2O4/c1-8(11(15)16)3-2-4-13-10(14)9-7-17-6-5-12-9/h8-9,12H,2-7H2,1H3,(H,13,14)(H,15,16). The average Bonchev–Trinajstić information content (AvgIpc) is 2.35. The van der Waals surface area contributed by atoms with E-state index >= 15 is 0 Å². The zero-order valence-electron chi connectivity index (χ0n) is 10.1. The molecule has 1 saturated heterocycles. The fraction of sp³-hybridized carbons (Fsp3) is 0.818. The van der Waals surface area contributed by atoms with Crippen molar-refractivity contribution < 1.29 is 19.4 Å². The lowest BCUT2D eigenvalue weighted by molar-refractivity contribution is -0.141. The van der Waals surface area contributed by atoms with Gasteiger partial charge in [0.1, 0.15) is 6.04 Å². The number of ether oxygens (including phenoxy) is 1. The van der Waals surface area contributed by atoms with Gasteiger partial charge in [0, 0.05) is 13.1 Å². The van der Waals surface area contributed by atoms with Crippen LogP contribution in [0.25, 0.3) is 0 Å². The van der Waals surface area contributed by atoms with Crippen molar-refractivity contribution in [2.45, 2.75) is 25.8 Å². The summed E-state index contributed by atoms with van der Waals surface area (Å²) < 4.78 is 5.18. The average molecular weight is 244 g/mol. The first-order valence-electron chi connectivity index (χ1n) is 5.93. The summed E-state index contributed by atoms with van der Waals surface area (Å²) in [6.07, 6.45) is 1.25. The molecule has 0 aromatic rings. The molecule has 6 heteroatoms. The molecule has 0 saturated carbocycles. The zero-order chi connectivity index (χ0) is 12.7. The monoisotopic (exact) mass is 244 g/mol. The molecule has 0 aliphatic carbocycles. The van der Waals surface area contributed by atoms with Gasteiger partial charge in [-0.15, -0.1) is 0 Å². The molecule has 1 aliphatic rings. The van der Waals surface area contributed by atoms with Crippen LogP contribution in [0.3, 0.4) is 0 Å². The second kappa shape index (κ2) is 7.24. The normalized spacial score (nSPS) is 21.8. The van der Waals surface area contributed by atoms with Gasteiger partial charge in [-0.05, 0) is 12.8 Å². The summed E-state index contributed by atoms with van der Waals surface area (Å²) in [4.78, 5) is 22.2. The van der Waals surface area contributed by atoms with Gasteiger partial charge in [0.15, 0.2) is 0 Å². The van der Waals surface area contributed by atoms with Crippen LogP contribution in [-0.4, -0.2) is 49.3 Å². The Kier molecular flexibility index (Phi) is 5.93. The number of hydrogen-bond donors (Lipinski definition) is 3. The second-order valence-electron chi connectivity index (χ2n) is 4.25. The van der Waals surface area contributed by atoms with E-state index in [9.17, 15) is 9.59 Å². The number of aliphatic carboxylic acids is 1. The van der Waals surface area contributed by atoms with Crippen LogP contribution in [0.1, 0.15) is 19.8 Å². The lowest BCUT2D eigenvalue weighted by Crippen LogP contribution is -2.51. The molecule has 2 atom stereocenters. The molecule has 0 radical (unpaired) electrons. The molecule has 0 spiro atoms. The van der Waals surface area contributed by atoms with Crippen molar-refractivity contribution in [1.29, 1.82) is 0 Å². The molecular weight excluding hydrogens is 224 g/mol. The topological polar surface area (TPSA) is 87.7 Å². The summed E-state index contributed by atoms with van der Waals surface area (Å²) in [6, 6.07) is -0.277. The minimum Gasteiger partial charge on any atom is -0.481 e. The first-order valence-corrected chi connectivity index (χ1v) is 5.93. The van der Waals surface area contributed by atoms with E-state index in [1.165, 1.54) is 0 Å². The van der Waals surface area contributed by atoms with Gasteiger partial charge >= 0.3 is 5.97 Å². The minimum absolute atomic E-state index is 0.0762. The Balaban J connectivity index is 2.09. The molecule has 6 nitrogen and oxygen atoms in total. The molecule has 2 unspecified atom stereocenters. The van der Waals surface area contributed by atoms with Gasteiger partial charge < -0.3 is 20.5 Å². The predicted octanol–water partition coefficient (Wildman–Crippen LogP) is -0.408. The van der Waals surface area contributed by atoms with E-state index in [2.05, 4.69) is 10.6 Å². The van der Waals surface area contributed by atoms with Gasteiger partial charge in [-0.3, -0.25) is 9.59 Å². The number of carboxylic acid groups (broad SMARTS) is 1. The Labute approximate surface area is 101 Å². The van der Waals surface area contributed by atoms with Crippen molar-refractivity contribution in [2.24, 2.45) is 5.92 Å². The summed E-state index contributed by atoms with van der Waals surface area (Å²) in [7, 11) is 0. The van der Waals surface area contributed by atoms with Crippen LogP contribution in [0, 0.1) is 5.92 Å². The maximum Gasteiger partial charge on any atom is 0.306 e. The predicted molar refractivity (Wildman–Crippen MR) is 61.7 cm³/mol. The van der Waals surface area contributed by atoms with Crippen molar-refractivity contribution in [1.82, 2.24) is 10.6 Å². The zero-order valence-corrected chi connectivity index (χ0v) is 10.1.